The van der Waals surface area contributed by atoms with Crippen molar-refractivity contribution in [2.75, 3.05) is 13.1 Å². The van der Waals surface area contributed by atoms with Crippen LogP contribution in [0.3, 0.4) is 0 Å². The summed E-state index contributed by atoms with van der Waals surface area (Å²) >= 11 is 5.97. The predicted octanol–water partition coefficient (Wildman–Crippen LogP) is 4.07. The monoisotopic (exact) mass is 324 g/mol. The molecule has 0 radical (unpaired) electrons. The molecule has 0 aliphatic rings. The van der Waals surface area contributed by atoms with E-state index in [1.54, 1.807) is 0 Å². The van der Waals surface area contributed by atoms with E-state index in [1.807, 2.05) is 57.2 Å². The number of carbonyl (C=O) groups excluding carboxylic acids is 1. The fourth-order valence-corrected chi connectivity index (χ4v) is 1.96. The Labute approximate surface area is 137 Å². The summed E-state index contributed by atoms with van der Waals surface area (Å²) in [5, 5.41) is 6.78. The highest BCUT2D eigenvalue weighted by atomic mass is 35.5. The Bertz CT molecular complexity index is 510. The molecule has 4 nitrogen and oxygen atoms in total. The molecule has 0 aromatic heterocycles. The first-order chi connectivity index (χ1) is 10.3. The molecular weight excluding hydrogens is 300 g/mol. The normalized spacial score (nSPS) is 13.1. The van der Waals surface area contributed by atoms with Crippen LogP contribution in [0.4, 0.5) is 4.79 Å². The molecule has 1 unspecified atom stereocenters. The first-order valence-corrected chi connectivity index (χ1v) is 7.76. The topological polar surface area (TPSA) is 50.4 Å². The average molecular weight is 325 g/mol. The van der Waals surface area contributed by atoms with E-state index < -0.39 is 11.7 Å². The average Bonchev–Trinajstić information content (AvgIpc) is 2.40. The van der Waals surface area contributed by atoms with Gasteiger partial charge in [0.2, 0.25) is 0 Å². The van der Waals surface area contributed by atoms with Crippen molar-refractivity contribution in [1.82, 2.24) is 10.6 Å². The Kier molecular flexibility index (Phi) is 7.42. The minimum Gasteiger partial charge on any atom is -0.444 e. The van der Waals surface area contributed by atoms with Crippen LogP contribution in [-0.2, 0) is 4.74 Å². The molecule has 22 heavy (non-hydrogen) atoms. The van der Waals surface area contributed by atoms with E-state index in [9.17, 15) is 4.79 Å². The largest absolute Gasteiger partial charge is 0.444 e. The van der Waals surface area contributed by atoms with Gasteiger partial charge in [-0.3, -0.25) is 0 Å². The summed E-state index contributed by atoms with van der Waals surface area (Å²) < 4.78 is 5.14. The van der Waals surface area contributed by atoms with Gasteiger partial charge < -0.3 is 15.4 Å². The van der Waals surface area contributed by atoms with Gasteiger partial charge in [-0.15, -0.1) is 0 Å². The number of nitrogens with one attached hydrogen (secondary N) is 2. The van der Waals surface area contributed by atoms with Crippen LogP contribution in [0, 0.1) is 0 Å². The van der Waals surface area contributed by atoms with E-state index in [0.29, 0.717) is 13.1 Å². The molecule has 0 aliphatic heterocycles. The van der Waals surface area contributed by atoms with Crippen molar-refractivity contribution in [2.24, 2.45) is 0 Å². The maximum absolute atomic E-state index is 11.4. The van der Waals surface area contributed by atoms with Gasteiger partial charge in [-0.25, -0.2) is 4.79 Å². The van der Waals surface area contributed by atoms with Gasteiger partial charge in [0.1, 0.15) is 5.60 Å². The van der Waals surface area contributed by atoms with E-state index in [-0.39, 0.29) is 6.04 Å². The molecule has 1 aromatic rings. The number of ether oxygens (including phenoxy) is 1. The van der Waals surface area contributed by atoms with Crippen molar-refractivity contribution in [3.05, 3.63) is 47.0 Å². The highest BCUT2D eigenvalue weighted by Crippen LogP contribution is 2.16. The molecule has 1 rings (SSSR count). The van der Waals surface area contributed by atoms with Crippen molar-refractivity contribution in [2.45, 2.75) is 39.3 Å². The van der Waals surface area contributed by atoms with Crippen LogP contribution in [0.1, 0.15) is 39.3 Å². The molecule has 0 aliphatic carbocycles. The number of carbonyl (C=O) groups is 1. The van der Waals surface area contributed by atoms with Crippen LogP contribution in [0.25, 0.3) is 0 Å². The third-order valence-corrected chi connectivity index (χ3v) is 3.06. The summed E-state index contributed by atoms with van der Waals surface area (Å²) in [7, 11) is 0. The summed E-state index contributed by atoms with van der Waals surface area (Å²) in [5.74, 6) is 0. The van der Waals surface area contributed by atoms with Crippen LogP contribution < -0.4 is 10.6 Å². The highest BCUT2D eigenvalue weighted by molar-refractivity contribution is 6.30. The lowest BCUT2D eigenvalue weighted by Gasteiger charge is -2.19. The molecule has 0 fully saturated rings. The Morgan fingerprint density at radius 3 is 2.64 bits per heavy atom. The second-order valence-corrected chi connectivity index (χ2v) is 6.48. The Morgan fingerprint density at radius 2 is 2.00 bits per heavy atom. The summed E-state index contributed by atoms with van der Waals surface area (Å²) in [6, 6.07) is 8.00. The summed E-state index contributed by atoms with van der Waals surface area (Å²) in [6.07, 6.45) is 3.46. The van der Waals surface area contributed by atoms with Crippen molar-refractivity contribution in [3.63, 3.8) is 0 Å². The number of benzene rings is 1. The van der Waals surface area contributed by atoms with Crippen molar-refractivity contribution in [1.29, 1.82) is 0 Å². The van der Waals surface area contributed by atoms with Crippen LogP contribution >= 0.6 is 11.6 Å². The molecule has 2 N–H and O–H groups in total. The molecule has 0 bridgehead atoms. The van der Waals surface area contributed by atoms with Gasteiger partial charge in [0, 0.05) is 24.2 Å². The van der Waals surface area contributed by atoms with Gasteiger partial charge in [0.15, 0.2) is 0 Å². The molecule has 0 saturated heterocycles. The van der Waals surface area contributed by atoms with E-state index in [1.165, 1.54) is 0 Å². The van der Waals surface area contributed by atoms with E-state index >= 15 is 0 Å². The van der Waals surface area contributed by atoms with Crippen LogP contribution in [0.15, 0.2) is 36.4 Å². The lowest BCUT2D eigenvalue weighted by Crippen LogP contribution is -2.32. The zero-order chi connectivity index (χ0) is 16.6. The molecule has 1 amide bonds. The number of alkyl carbamates (subject to hydrolysis) is 1. The quantitative estimate of drug-likeness (QED) is 0.775. The van der Waals surface area contributed by atoms with Crippen LogP contribution in [0.2, 0.25) is 5.02 Å². The highest BCUT2D eigenvalue weighted by Gasteiger charge is 2.14. The van der Waals surface area contributed by atoms with Gasteiger partial charge in [0.25, 0.3) is 0 Å². The summed E-state index contributed by atoms with van der Waals surface area (Å²) in [4.78, 5) is 11.4. The second kappa shape index (κ2) is 8.81. The van der Waals surface area contributed by atoms with Gasteiger partial charge in [-0.05, 0) is 45.4 Å². The number of hydrogen-bond donors (Lipinski definition) is 2. The second-order valence-electron chi connectivity index (χ2n) is 6.04. The Hall–Kier alpha value is -1.52. The summed E-state index contributed by atoms with van der Waals surface area (Å²) in [5.41, 5.74) is 0.676. The van der Waals surface area contributed by atoms with Gasteiger partial charge in [-0.2, -0.15) is 0 Å². The van der Waals surface area contributed by atoms with Crippen molar-refractivity contribution < 1.29 is 9.53 Å². The maximum atomic E-state index is 11.4. The SMILES string of the molecule is CC(NC/C=C/CNC(=O)OC(C)(C)C)c1cccc(Cl)c1. The molecule has 0 spiro atoms. The van der Waals surface area contributed by atoms with E-state index in [2.05, 4.69) is 17.6 Å². The van der Waals surface area contributed by atoms with Crippen LogP contribution in [-0.4, -0.2) is 24.8 Å². The van der Waals surface area contributed by atoms with Crippen molar-refractivity contribution >= 4 is 17.7 Å². The molecule has 1 atom stereocenters. The fourth-order valence-electron chi connectivity index (χ4n) is 1.76. The lowest BCUT2D eigenvalue weighted by molar-refractivity contribution is 0.0534. The third-order valence-electron chi connectivity index (χ3n) is 2.82. The van der Waals surface area contributed by atoms with Crippen LogP contribution in [0.5, 0.6) is 0 Å². The predicted molar refractivity (Wildman–Crippen MR) is 91.2 cm³/mol. The molecule has 0 heterocycles. The molecule has 1 aromatic carbocycles. The number of halogens is 1. The van der Waals surface area contributed by atoms with Gasteiger partial charge in [0.05, 0.1) is 0 Å². The number of amides is 1. The Morgan fingerprint density at radius 1 is 1.32 bits per heavy atom. The first-order valence-electron chi connectivity index (χ1n) is 7.38. The smallest absolute Gasteiger partial charge is 0.407 e. The standard InChI is InChI=1S/C17H25ClN2O2/c1-13(14-8-7-9-15(18)12-14)19-10-5-6-11-20-16(21)22-17(2,3)4/h5-9,12-13,19H,10-11H2,1-4H3,(H,20,21)/b6-5+. The van der Waals surface area contributed by atoms with E-state index in [0.717, 1.165) is 10.6 Å². The number of hydrogen-bond acceptors (Lipinski definition) is 3. The Balaban J connectivity index is 2.22. The first kappa shape index (κ1) is 18.5. The van der Waals surface area contributed by atoms with Gasteiger partial charge >= 0.3 is 6.09 Å². The minimum atomic E-state index is -0.470. The third kappa shape index (κ3) is 8.05. The molecule has 0 saturated carbocycles. The fraction of sp³-hybridized carbons (Fsp3) is 0.471. The molecule has 122 valence electrons. The summed E-state index contributed by atoms with van der Waals surface area (Å²) in [6.45, 7) is 8.75. The van der Waals surface area contributed by atoms with Gasteiger partial charge in [-0.1, -0.05) is 35.9 Å². The number of rotatable bonds is 6. The van der Waals surface area contributed by atoms with Crippen molar-refractivity contribution in [3.8, 4) is 0 Å². The maximum Gasteiger partial charge on any atom is 0.407 e. The zero-order valence-corrected chi connectivity index (χ0v) is 14.4. The minimum absolute atomic E-state index is 0.210. The molecule has 5 heteroatoms. The lowest BCUT2D eigenvalue weighted by atomic mass is 10.1. The van der Waals surface area contributed by atoms with E-state index in [4.69, 9.17) is 16.3 Å². The zero-order valence-electron chi connectivity index (χ0n) is 13.7. The molecular formula is C17H25ClN2O2.